The average molecular weight is 328 g/mol. The maximum absolute atomic E-state index is 11.6. The molecule has 0 bridgehead atoms. The number of ether oxygens (including phenoxy) is 1. The van der Waals surface area contributed by atoms with E-state index in [0.29, 0.717) is 5.56 Å². The van der Waals surface area contributed by atoms with E-state index >= 15 is 0 Å². The van der Waals surface area contributed by atoms with E-state index in [1.54, 1.807) is 6.07 Å². The van der Waals surface area contributed by atoms with Gasteiger partial charge in [0.2, 0.25) is 0 Å². The molecule has 0 unspecified atom stereocenters. The normalized spacial score (nSPS) is 10.8. The van der Waals surface area contributed by atoms with Crippen molar-refractivity contribution in [1.29, 1.82) is 5.26 Å². The van der Waals surface area contributed by atoms with E-state index in [2.05, 4.69) is 22.0 Å². The Labute approximate surface area is 120 Å². The summed E-state index contributed by atoms with van der Waals surface area (Å²) in [5.41, 5.74) is 0.0681. The standard InChI is InChI=1S/C13H14BrNO2S/c1-13(2,3)17-12(16)8-18-11-6-4-5-10(14)9(11)7-15/h4-6H,8H2,1-3H3. The van der Waals surface area contributed by atoms with Crippen molar-refractivity contribution in [2.45, 2.75) is 31.3 Å². The predicted molar refractivity (Wildman–Crippen MR) is 75.4 cm³/mol. The zero-order valence-electron chi connectivity index (χ0n) is 10.5. The molecule has 3 nitrogen and oxygen atoms in total. The summed E-state index contributed by atoms with van der Waals surface area (Å²) in [6.45, 7) is 5.49. The Hall–Kier alpha value is -0.990. The van der Waals surface area contributed by atoms with Crippen molar-refractivity contribution in [3.8, 4) is 6.07 Å². The van der Waals surface area contributed by atoms with Gasteiger partial charge in [-0.25, -0.2) is 0 Å². The second-order valence-electron chi connectivity index (χ2n) is 4.60. The molecule has 1 aromatic carbocycles. The van der Waals surface area contributed by atoms with Crippen molar-refractivity contribution in [2.75, 3.05) is 5.75 Å². The lowest BCUT2D eigenvalue weighted by Crippen LogP contribution is -2.24. The topological polar surface area (TPSA) is 50.1 Å². The molecular weight excluding hydrogens is 314 g/mol. The van der Waals surface area contributed by atoms with Crippen molar-refractivity contribution in [3.05, 3.63) is 28.2 Å². The van der Waals surface area contributed by atoms with Gasteiger partial charge in [-0.2, -0.15) is 5.26 Å². The Morgan fingerprint density at radius 1 is 1.50 bits per heavy atom. The lowest BCUT2D eigenvalue weighted by molar-refractivity contribution is -0.151. The fraction of sp³-hybridized carbons (Fsp3) is 0.385. The fourth-order valence-electron chi connectivity index (χ4n) is 1.24. The smallest absolute Gasteiger partial charge is 0.316 e. The van der Waals surface area contributed by atoms with Crippen LogP contribution in [0.15, 0.2) is 27.6 Å². The summed E-state index contributed by atoms with van der Waals surface area (Å²) < 4.78 is 5.94. The van der Waals surface area contributed by atoms with Gasteiger partial charge in [0.25, 0.3) is 0 Å². The van der Waals surface area contributed by atoms with Gasteiger partial charge in [-0.3, -0.25) is 4.79 Å². The Morgan fingerprint density at radius 3 is 2.72 bits per heavy atom. The molecule has 0 aliphatic heterocycles. The largest absolute Gasteiger partial charge is 0.459 e. The average Bonchev–Trinajstić information content (AvgIpc) is 2.24. The van der Waals surface area contributed by atoms with Crippen LogP contribution in [0, 0.1) is 11.3 Å². The third kappa shape index (κ3) is 4.71. The molecule has 0 aliphatic carbocycles. The second-order valence-corrected chi connectivity index (χ2v) is 6.47. The third-order valence-corrected chi connectivity index (χ3v) is 3.54. The van der Waals surface area contributed by atoms with Crippen LogP contribution in [0.25, 0.3) is 0 Å². The van der Waals surface area contributed by atoms with Gasteiger partial charge in [0.15, 0.2) is 0 Å². The van der Waals surface area contributed by atoms with E-state index in [1.165, 1.54) is 11.8 Å². The molecule has 0 aliphatic rings. The van der Waals surface area contributed by atoms with Gasteiger partial charge in [0.1, 0.15) is 11.7 Å². The second kappa shape index (κ2) is 6.26. The SMILES string of the molecule is CC(C)(C)OC(=O)CSc1cccc(Br)c1C#N. The van der Waals surface area contributed by atoms with Crippen molar-refractivity contribution in [3.63, 3.8) is 0 Å². The molecule has 0 spiro atoms. The van der Waals surface area contributed by atoms with Gasteiger partial charge in [-0.05, 0) is 48.8 Å². The molecule has 0 amide bonds. The highest BCUT2D eigenvalue weighted by atomic mass is 79.9. The summed E-state index contributed by atoms with van der Waals surface area (Å²) in [5, 5.41) is 9.04. The van der Waals surface area contributed by atoms with Crippen LogP contribution in [-0.4, -0.2) is 17.3 Å². The summed E-state index contributed by atoms with van der Waals surface area (Å²) in [6, 6.07) is 7.57. The van der Waals surface area contributed by atoms with Crippen molar-refractivity contribution >= 4 is 33.7 Å². The summed E-state index contributed by atoms with van der Waals surface area (Å²) >= 11 is 4.62. The number of esters is 1. The Bertz CT molecular complexity index is 489. The molecule has 0 fully saturated rings. The molecule has 0 saturated heterocycles. The number of carbonyl (C=O) groups excluding carboxylic acids is 1. The minimum absolute atomic E-state index is 0.197. The molecule has 18 heavy (non-hydrogen) atoms. The summed E-state index contributed by atoms with van der Waals surface area (Å²) in [7, 11) is 0. The zero-order chi connectivity index (χ0) is 13.8. The molecule has 0 saturated carbocycles. The van der Waals surface area contributed by atoms with E-state index in [1.807, 2.05) is 32.9 Å². The molecule has 0 atom stereocenters. The molecule has 0 heterocycles. The van der Waals surface area contributed by atoms with Gasteiger partial charge >= 0.3 is 5.97 Å². The van der Waals surface area contributed by atoms with E-state index < -0.39 is 5.60 Å². The number of nitrogens with zero attached hydrogens (tertiary/aromatic N) is 1. The molecule has 1 aromatic rings. The van der Waals surface area contributed by atoms with E-state index in [-0.39, 0.29) is 11.7 Å². The Balaban J connectivity index is 2.68. The number of benzene rings is 1. The van der Waals surface area contributed by atoms with Crippen molar-refractivity contribution < 1.29 is 9.53 Å². The lowest BCUT2D eigenvalue weighted by Gasteiger charge is -2.19. The highest BCUT2D eigenvalue weighted by Gasteiger charge is 2.17. The van der Waals surface area contributed by atoms with Crippen LogP contribution in [0.3, 0.4) is 0 Å². The monoisotopic (exact) mass is 327 g/mol. The summed E-state index contributed by atoms with van der Waals surface area (Å²) in [4.78, 5) is 12.4. The summed E-state index contributed by atoms with van der Waals surface area (Å²) in [5.74, 6) is -0.0843. The first-order chi connectivity index (χ1) is 8.33. The predicted octanol–water partition coefficient (Wildman–Crippen LogP) is 3.75. The van der Waals surface area contributed by atoms with Gasteiger partial charge in [0, 0.05) is 9.37 Å². The molecule has 0 radical (unpaired) electrons. The number of rotatable bonds is 3. The van der Waals surface area contributed by atoms with Crippen molar-refractivity contribution in [1.82, 2.24) is 0 Å². The molecule has 0 aromatic heterocycles. The zero-order valence-corrected chi connectivity index (χ0v) is 12.9. The fourth-order valence-corrected chi connectivity index (χ4v) is 2.63. The van der Waals surface area contributed by atoms with E-state index in [9.17, 15) is 4.79 Å². The first-order valence-corrected chi connectivity index (χ1v) is 7.14. The van der Waals surface area contributed by atoms with E-state index in [0.717, 1.165) is 9.37 Å². The highest BCUT2D eigenvalue weighted by molar-refractivity contribution is 9.10. The molecule has 1 rings (SSSR count). The number of hydrogen-bond acceptors (Lipinski definition) is 4. The maximum atomic E-state index is 11.6. The molecule has 0 N–H and O–H groups in total. The van der Waals surface area contributed by atoms with Gasteiger partial charge in [-0.15, -0.1) is 11.8 Å². The van der Waals surface area contributed by atoms with Crippen LogP contribution in [0.4, 0.5) is 0 Å². The number of carbonyl (C=O) groups is 1. The van der Waals surface area contributed by atoms with Gasteiger partial charge < -0.3 is 4.74 Å². The third-order valence-electron chi connectivity index (χ3n) is 1.85. The van der Waals surface area contributed by atoms with E-state index in [4.69, 9.17) is 10.00 Å². The number of nitriles is 1. The first kappa shape index (κ1) is 15.1. The van der Waals surface area contributed by atoms with Crippen LogP contribution >= 0.6 is 27.7 Å². The lowest BCUT2D eigenvalue weighted by atomic mass is 10.2. The minimum Gasteiger partial charge on any atom is -0.459 e. The summed E-state index contributed by atoms with van der Waals surface area (Å²) in [6.07, 6.45) is 0. The van der Waals surface area contributed by atoms with Crippen LogP contribution in [-0.2, 0) is 9.53 Å². The Morgan fingerprint density at radius 2 is 2.17 bits per heavy atom. The highest BCUT2D eigenvalue weighted by Crippen LogP contribution is 2.28. The number of halogens is 1. The van der Waals surface area contributed by atoms with Gasteiger partial charge in [0.05, 0.1) is 11.3 Å². The molecule has 96 valence electrons. The Kier molecular flexibility index (Phi) is 5.24. The molecular formula is C13H14BrNO2S. The van der Waals surface area contributed by atoms with Crippen LogP contribution in [0.2, 0.25) is 0 Å². The molecule has 5 heteroatoms. The number of thioether (sulfide) groups is 1. The quantitative estimate of drug-likeness (QED) is 0.626. The van der Waals surface area contributed by atoms with Crippen LogP contribution in [0.5, 0.6) is 0 Å². The number of hydrogen-bond donors (Lipinski definition) is 0. The maximum Gasteiger partial charge on any atom is 0.316 e. The minimum atomic E-state index is -0.479. The van der Waals surface area contributed by atoms with Crippen LogP contribution < -0.4 is 0 Å². The van der Waals surface area contributed by atoms with Gasteiger partial charge in [-0.1, -0.05) is 6.07 Å². The first-order valence-electron chi connectivity index (χ1n) is 5.37. The van der Waals surface area contributed by atoms with Crippen molar-refractivity contribution in [2.24, 2.45) is 0 Å². The van der Waals surface area contributed by atoms with Crippen LogP contribution in [0.1, 0.15) is 26.3 Å².